The molecule has 0 spiro atoms. The third-order valence-corrected chi connectivity index (χ3v) is 9.84. The number of amides is 1. The summed E-state index contributed by atoms with van der Waals surface area (Å²) in [7, 11) is -7.54. The fraction of sp³-hybridized carbons (Fsp3) is 0.409. The molecule has 2 aliphatic heterocycles. The lowest BCUT2D eigenvalue weighted by Crippen LogP contribution is -2.43. The van der Waals surface area contributed by atoms with Crippen molar-refractivity contribution in [2.24, 2.45) is 0 Å². The molecule has 33 heavy (non-hydrogen) atoms. The van der Waals surface area contributed by atoms with Crippen molar-refractivity contribution >= 4 is 31.6 Å². The first kappa shape index (κ1) is 23.8. The molecule has 2 aromatic carbocycles. The van der Waals surface area contributed by atoms with E-state index in [1.165, 1.54) is 40.7 Å². The van der Waals surface area contributed by atoms with Gasteiger partial charge in [0.2, 0.25) is 26.0 Å². The minimum atomic E-state index is -3.96. The SMILES string of the molecule is O=C(Nc1ccc(S(=O)(=O)N2CCCCC2)cc1)[C@@H]1CCCN1S(=O)(=O)c1ccc(F)cc1. The number of hydrogen-bond donors (Lipinski definition) is 1. The van der Waals surface area contributed by atoms with E-state index >= 15 is 0 Å². The molecule has 1 N–H and O–H groups in total. The highest BCUT2D eigenvalue weighted by molar-refractivity contribution is 7.89. The number of rotatable bonds is 6. The minimum Gasteiger partial charge on any atom is -0.325 e. The summed E-state index contributed by atoms with van der Waals surface area (Å²) in [5, 5.41) is 2.69. The number of carbonyl (C=O) groups is 1. The van der Waals surface area contributed by atoms with Crippen LogP contribution >= 0.6 is 0 Å². The highest BCUT2D eigenvalue weighted by atomic mass is 32.2. The number of benzene rings is 2. The Labute approximate surface area is 193 Å². The third-order valence-electron chi connectivity index (χ3n) is 6.00. The van der Waals surface area contributed by atoms with Crippen LogP contribution in [-0.2, 0) is 24.8 Å². The van der Waals surface area contributed by atoms with Crippen molar-refractivity contribution in [2.75, 3.05) is 25.0 Å². The number of hydrogen-bond acceptors (Lipinski definition) is 5. The van der Waals surface area contributed by atoms with E-state index in [0.717, 1.165) is 35.7 Å². The van der Waals surface area contributed by atoms with Crippen LogP contribution in [0.25, 0.3) is 0 Å². The smallest absolute Gasteiger partial charge is 0.243 e. The van der Waals surface area contributed by atoms with E-state index in [-0.39, 0.29) is 16.3 Å². The predicted molar refractivity (Wildman–Crippen MR) is 121 cm³/mol. The molecule has 0 unspecified atom stereocenters. The molecule has 11 heteroatoms. The van der Waals surface area contributed by atoms with Gasteiger partial charge in [0, 0.05) is 25.3 Å². The Bertz CT molecular complexity index is 1210. The molecule has 2 saturated heterocycles. The van der Waals surface area contributed by atoms with Gasteiger partial charge in [-0.25, -0.2) is 21.2 Å². The number of piperidine rings is 1. The zero-order chi connectivity index (χ0) is 23.6. The average molecular weight is 496 g/mol. The molecule has 2 aliphatic rings. The van der Waals surface area contributed by atoms with Crippen molar-refractivity contribution in [3.8, 4) is 0 Å². The lowest BCUT2D eigenvalue weighted by molar-refractivity contribution is -0.119. The Morgan fingerprint density at radius 1 is 0.788 bits per heavy atom. The summed E-state index contributed by atoms with van der Waals surface area (Å²) in [5.41, 5.74) is 0.378. The number of nitrogens with zero attached hydrogens (tertiary/aromatic N) is 2. The average Bonchev–Trinajstić information content (AvgIpc) is 3.32. The molecular weight excluding hydrogens is 469 g/mol. The minimum absolute atomic E-state index is 0.0733. The van der Waals surface area contributed by atoms with Crippen LogP contribution in [0.2, 0.25) is 0 Å². The second-order valence-electron chi connectivity index (χ2n) is 8.21. The first-order valence-corrected chi connectivity index (χ1v) is 13.8. The van der Waals surface area contributed by atoms with Crippen LogP contribution in [0.1, 0.15) is 32.1 Å². The van der Waals surface area contributed by atoms with Gasteiger partial charge in [-0.05, 0) is 74.2 Å². The van der Waals surface area contributed by atoms with Crippen molar-refractivity contribution in [2.45, 2.75) is 47.9 Å². The number of anilines is 1. The summed E-state index contributed by atoms with van der Waals surface area (Å²) in [6.45, 7) is 1.19. The van der Waals surface area contributed by atoms with Gasteiger partial charge in [-0.3, -0.25) is 4.79 Å². The molecule has 2 fully saturated rings. The van der Waals surface area contributed by atoms with Crippen molar-refractivity contribution in [3.05, 3.63) is 54.3 Å². The fourth-order valence-electron chi connectivity index (χ4n) is 4.22. The van der Waals surface area contributed by atoms with E-state index in [0.29, 0.717) is 31.6 Å². The lowest BCUT2D eigenvalue weighted by Gasteiger charge is -2.26. The van der Waals surface area contributed by atoms with Crippen molar-refractivity contribution in [3.63, 3.8) is 0 Å². The number of sulfonamides is 2. The summed E-state index contributed by atoms with van der Waals surface area (Å²) in [4.78, 5) is 13.0. The monoisotopic (exact) mass is 495 g/mol. The molecule has 0 bridgehead atoms. The number of carbonyl (C=O) groups excluding carboxylic acids is 1. The van der Waals surface area contributed by atoms with Crippen LogP contribution in [0.5, 0.6) is 0 Å². The van der Waals surface area contributed by atoms with Crippen molar-refractivity contribution < 1.29 is 26.0 Å². The molecule has 2 heterocycles. The van der Waals surface area contributed by atoms with E-state index in [1.54, 1.807) is 0 Å². The largest absolute Gasteiger partial charge is 0.325 e. The van der Waals surface area contributed by atoms with Gasteiger partial charge >= 0.3 is 0 Å². The normalized spacial score (nSPS) is 20.6. The van der Waals surface area contributed by atoms with E-state index in [9.17, 15) is 26.0 Å². The van der Waals surface area contributed by atoms with Crippen LogP contribution in [0, 0.1) is 5.82 Å². The van der Waals surface area contributed by atoms with Crippen LogP contribution in [0.4, 0.5) is 10.1 Å². The van der Waals surface area contributed by atoms with Gasteiger partial charge in [0.1, 0.15) is 11.9 Å². The Hall–Kier alpha value is -2.34. The zero-order valence-electron chi connectivity index (χ0n) is 18.0. The molecule has 1 amide bonds. The van der Waals surface area contributed by atoms with E-state index in [1.807, 2.05) is 0 Å². The third kappa shape index (κ3) is 4.96. The summed E-state index contributed by atoms with van der Waals surface area (Å²) in [6.07, 6.45) is 3.57. The number of halogens is 1. The van der Waals surface area contributed by atoms with Gasteiger partial charge in [-0.2, -0.15) is 8.61 Å². The van der Waals surface area contributed by atoms with E-state index in [2.05, 4.69) is 5.32 Å². The Morgan fingerprint density at radius 3 is 2.00 bits per heavy atom. The molecule has 0 radical (unpaired) electrons. The maximum absolute atomic E-state index is 13.2. The van der Waals surface area contributed by atoms with Gasteiger partial charge < -0.3 is 5.32 Å². The second-order valence-corrected chi connectivity index (χ2v) is 12.0. The summed E-state index contributed by atoms with van der Waals surface area (Å²) in [5.74, 6) is -1.04. The molecule has 4 rings (SSSR count). The Kier molecular flexibility index (Phi) is 6.85. The Morgan fingerprint density at radius 2 is 1.36 bits per heavy atom. The molecule has 0 saturated carbocycles. The maximum Gasteiger partial charge on any atom is 0.243 e. The van der Waals surface area contributed by atoms with Gasteiger partial charge in [0.15, 0.2) is 0 Å². The number of nitrogens with one attached hydrogen (secondary N) is 1. The molecule has 2 aromatic rings. The quantitative estimate of drug-likeness (QED) is 0.664. The first-order chi connectivity index (χ1) is 15.7. The first-order valence-electron chi connectivity index (χ1n) is 10.9. The highest BCUT2D eigenvalue weighted by Crippen LogP contribution is 2.28. The van der Waals surface area contributed by atoms with Crippen LogP contribution in [0.15, 0.2) is 58.3 Å². The summed E-state index contributed by atoms with van der Waals surface area (Å²) >= 11 is 0. The van der Waals surface area contributed by atoms with Crippen LogP contribution < -0.4 is 5.32 Å². The van der Waals surface area contributed by atoms with Gasteiger partial charge in [-0.15, -0.1) is 0 Å². The lowest BCUT2D eigenvalue weighted by atomic mass is 10.2. The van der Waals surface area contributed by atoms with E-state index < -0.39 is 37.8 Å². The maximum atomic E-state index is 13.2. The standard InChI is InChI=1S/C22H26FN3O5S2/c23-17-6-10-20(11-7-17)33(30,31)26-16-4-5-21(26)22(27)24-18-8-12-19(13-9-18)32(28,29)25-14-2-1-3-15-25/h6-13,21H,1-5,14-16H2,(H,24,27)/t21-/m0/s1. The fourth-order valence-corrected chi connectivity index (χ4v) is 7.40. The topological polar surface area (TPSA) is 104 Å². The van der Waals surface area contributed by atoms with E-state index in [4.69, 9.17) is 0 Å². The molecule has 178 valence electrons. The highest BCUT2D eigenvalue weighted by Gasteiger charge is 2.39. The van der Waals surface area contributed by atoms with Crippen LogP contribution in [0.3, 0.4) is 0 Å². The molecular formula is C22H26FN3O5S2. The second kappa shape index (κ2) is 9.49. The van der Waals surface area contributed by atoms with Crippen molar-refractivity contribution in [1.82, 2.24) is 8.61 Å². The summed E-state index contributed by atoms with van der Waals surface area (Å²) < 4.78 is 67.3. The Balaban J connectivity index is 1.47. The van der Waals surface area contributed by atoms with Gasteiger partial charge in [0.25, 0.3) is 0 Å². The van der Waals surface area contributed by atoms with Crippen LogP contribution in [-0.4, -0.2) is 57.0 Å². The molecule has 1 atom stereocenters. The van der Waals surface area contributed by atoms with Gasteiger partial charge in [-0.1, -0.05) is 6.42 Å². The molecule has 0 aromatic heterocycles. The van der Waals surface area contributed by atoms with Gasteiger partial charge in [0.05, 0.1) is 9.79 Å². The molecule has 8 nitrogen and oxygen atoms in total. The van der Waals surface area contributed by atoms with Crippen molar-refractivity contribution in [1.29, 1.82) is 0 Å². The zero-order valence-corrected chi connectivity index (χ0v) is 19.6. The summed E-state index contributed by atoms with van der Waals surface area (Å²) in [6, 6.07) is 9.48. The molecule has 0 aliphatic carbocycles. The predicted octanol–water partition coefficient (Wildman–Crippen LogP) is 2.79.